The Morgan fingerprint density at radius 3 is 3.20 bits per heavy atom. The smallest absolute Gasteiger partial charge is 0.266 e. The summed E-state index contributed by atoms with van der Waals surface area (Å²) in [6.07, 6.45) is 2.74. The van der Waals surface area contributed by atoms with Crippen LogP contribution in [0, 0.1) is 3.57 Å². The van der Waals surface area contributed by atoms with E-state index in [-0.39, 0.29) is 5.56 Å². The topological polar surface area (TPSA) is 49.0 Å². The third-order valence-electron chi connectivity index (χ3n) is 2.95. The van der Waals surface area contributed by atoms with Crippen molar-refractivity contribution in [3.05, 3.63) is 20.3 Å². The Balaban J connectivity index is 2.00. The highest BCUT2D eigenvalue weighted by Crippen LogP contribution is 2.39. The van der Waals surface area contributed by atoms with Gasteiger partial charge >= 0.3 is 0 Å². The molecule has 2 aliphatic heterocycles. The number of nitrogens with one attached hydrogen (secondary N) is 1. The number of rotatable bonds is 1. The quantitative estimate of drug-likeness (QED) is 0.780. The molecule has 0 saturated carbocycles. The van der Waals surface area contributed by atoms with E-state index in [9.17, 15) is 4.79 Å². The Bertz CT molecular complexity index is 449. The van der Waals surface area contributed by atoms with Gasteiger partial charge < -0.3 is 9.88 Å². The first-order chi connectivity index (χ1) is 7.25. The number of aromatic nitrogens is 2. The lowest BCUT2D eigenvalue weighted by molar-refractivity contribution is 0.746. The normalized spacial score (nSPS) is 28.7. The largest absolute Gasteiger partial charge is 0.351 e. The Morgan fingerprint density at radius 2 is 2.53 bits per heavy atom. The molecule has 1 aromatic heterocycles. The maximum absolute atomic E-state index is 11.5. The Hall–Kier alpha value is -0.240. The lowest BCUT2D eigenvalue weighted by Gasteiger charge is -2.27. The van der Waals surface area contributed by atoms with Crippen molar-refractivity contribution in [2.75, 3.05) is 17.2 Å². The van der Waals surface area contributed by atoms with Crippen molar-refractivity contribution in [3.8, 4) is 0 Å². The molecule has 0 radical (unpaired) electrons. The van der Waals surface area contributed by atoms with E-state index in [1.807, 2.05) is 11.8 Å². The van der Waals surface area contributed by atoms with Gasteiger partial charge in [0.05, 0.1) is 6.33 Å². The van der Waals surface area contributed by atoms with Crippen LogP contribution < -0.4 is 10.5 Å². The van der Waals surface area contributed by atoms with Gasteiger partial charge in [-0.2, -0.15) is 11.8 Å². The van der Waals surface area contributed by atoms with Crippen LogP contribution in [0.2, 0.25) is 0 Å². The van der Waals surface area contributed by atoms with Crippen LogP contribution >= 0.6 is 34.4 Å². The van der Waals surface area contributed by atoms with Crippen LogP contribution in [-0.2, 0) is 0 Å². The SMILES string of the molecule is O=c1[nH]cnc(N2CC3CC2CS3)c1I. The lowest BCUT2D eigenvalue weighted by atomic mass is 10.2. The van der Waals surface area contributed by atoms with E-state index in [1.165, 1.54) is 18.5 Å². The summed E-state index contributed by atoms with van der Waals surface area (Å²) in [5.41, 5.74) is -0.0315. The molecule has 1 N–H and O–H groups in total. The van der Waals surface area contributed by atoms with E-state index in [2.05, 4.69) is 37.5 Å². The summed E-state index contributed by atoms with van der Waals surface area (Å²) in [5.74, 6) is 2.04. The highest BCUT2D eigenvalue weighted by atomic mass is 127. The zero-order chi connectivity index (χ0) is 10.4. The van der Waals surface area contributed by atoms with Crippen LogP contribution in [0.25, 0.3) is 0 Å². The fourth-order valence-electron chi connectivity index (χ4n) is 2.23. The average molecular weight is 335 g/mol. The molecule has 2 fully saturated rings. The summed E-state index contributed by atoms with van der Waals surface area (Å²) in [5, 5.41) is 0.742. The second kappa shape index (κ2) is 3.65. The molecular formula is C9H10IN3OS. The van der Waals surface area contributed by atoms with Crippen LogP contribution in [-0.4, -0.2) is 33.6 Å². The zero-order valence-corrected chi connectivity index (χ0v) is 10.9. The van der Waals surface area contributed by atoms with Crippen molar-refractivity contribution in [1.82, 2.24) is 9.97 Å². The van der Waals surface area contributed by atoms with Crippen LogP contribution in [0.15, 0.2) is 11.1 Å². The highest BCUT2D eigenvalue weighted by Gasteiger charge is 2.39. The van der Waals surface area contributed by atoms with Crippen molar-refractivity contribution in [2.24, 2.45) is 0 Å². The van der Waals surface area contributed by atoms with Gasteiger partial charge in [-0.1, -0.05) is 0 Å². The molecule has 1 aromatic rings. The van der Waals surface area contributed by atoms with Gasteiger partial charge in [-0.15, -0.1) is 0 Å². The number of nitrogens with zero attached hydrogens (tertiary/aromatic N) is 2. The van der Waals surface area contributed by atoms with Gasteiger partial charge in [-0.25, -0.2) is 4.98 Å². The van der Waals surface area contributed by atoms with Crippen molar-refractivity contribution in [2.45, 2.75) is 17.7 Å². The molecule has 0 amide bonds. The van der Waals surface area contributed by atoms with Gasteiger partial charge in [-0.3, -0.25) is 4.79 Å². The number of aromatic amines is 1. The van der Waals surface area contributed by atoms with E-state index in [1.54, 1.807) is 0 Å². The van der Waals surface area contributed by atoms with Gasteiger partial charge in [0.25, 0.3) is 5.56 Å². The Morgan fingerprint density at radius 1 is 1.67 bits per heavy atom. The summed E-state index contributed by atoms with van der Waals surface area (Å²) < 4.78 is 0.715. The minimum atomic E-state index is -0.0315. The molecule has 2 atom stereocenters. The minimum Gasteiger partial charge on any atom is -0.351 e. The molecule has 3 rings (SSSR count). The number of fused-ring (bicyclic) bond motifs is 2. The predicted molar refractivity (Wildman–Crippen MR) is 69.6 cm³/mol. The van der Waals surface area contributed by atoms with E-state index in [4.69, 9.17) is 0 Å². The maximum atomic E-state index is 11.5. The molecule has 80 valence electrons. The molecule has 15 heavy (non-hydrogen) atoms. The Kier molecular flexibility index (Phi) is 2.42. The van der Waals surface area contributed by atoms with Crippen LogP contribution in [0.5, 0.6) is 0 Å². The average Bonchev–Trinajstić information content (AvgIpc) is 2.83. The first-order valence-electron chi connectivity index (χ1n) is 4.87. The fourth-order valence-corrected chi connectivity index (χ4v) is 4.27. The van der Waals surface area contributed by atoms with Crippen molar-refractivity contribution in [1.29, 1.82) is 0 Å². The molecule has 0 spiro atoms. The fraction of sp³-hybridized carbons (Fsp3) is 0.556. The van der Waals surface area contributed by atoms with Crippen LogP contribution in [0.4, 0.5) is 5.82 Å². The van der Waals surface area contributed by atoms with Gasteiger partial charge in [0.15, 0.2) is 0 Å². The zero-order valence-electron chi connectivity index (χ0n) is 7.94. The standard InChI is InChI=1S/C9H10IN3OS/c10-7-8(11-4-12-9(7)14)13-2-6-1-5(13)3-15-6/h4-6H,1-3H2,(H,11,12,14). The maximum Gasteiger partial charge on any atom is 0.266 e. The molecule has 0 aliphatic carbocycles. The first-order valence-corrected chi connectivity index (χ1v) is 7.00. The molecule has 3 heterocycles. The third kappa shape index (κ3) is 1.57. The molecule has 2 bridgehead atoms. The third-order valence-corrected chi connectivity index (χ3v) is 5.31. The number of hydrogen-bond acceptors (Lipinski definition) is 4. The first kappa shape index (κ1) is 9.95. The lowest BCUT2D eigenvalue weighted by Crippen LogP contribution is -2.36. The molecule has 4 nitrogen and oxygen atoms in total. The molecule has 6 heteroatoms. The second-order valence-corrected chi connectivity index (χ2v) is 6.28. The number of H-pyrrole nitrogens is 1. The summed E-state index contributed by atoms with van der Waals surface area (Å²) in [6.45, 7) is 1.04. The summed E-state index contributed by atoms with van der Waals surface area (Å²) in [4.78, 5) is 20.7. The summed E-state index contributed by atoms with van der Waals surface area (Å²) in [6, 6.07) is 0.586. The molecule has 2 unspecified atom stereocenters. The number of halogens is 1. The van der Waals surface area contributed by atoms with Crippen LogP contribution in [0.1, 0.15) is 6.42 Å². The summed E-state index contributed by atoms with van der Waals surface area (Å²) >= 11 is 4.12. The van der Waals surface area contributed by atoms with E-state index < -0.39 is 0 Å². The van der Waals surface area contributed by atoms with Gasteiger partial charge in [0.2, 0.25) is 0 Å². The van der Waals surface area contributed by atoms with Gasteiger partial charge in [-0.05, 0) is 29.0 Å². The van der Waals surface area contributed by atoms with Crippen LogP contribution in [0.3, 0.4) is 0 Å². The van der Waals surface area contributed by atoms with Crippen molar-refractivity contribution >= 4 is 40.2 Å². The monoisotopic (exact) mass is 335 g/mol. The second-order valence-electron chi connectivity index (χ2n) is 3.87. The van der Waals surface area contributed by atoms with E-state index in [0.717, 1.165) is 17.6 Å². The van der Waals surface area contributed by atoms with E-state index in [0.29, 0.717) is 9.61 Å². The molecule has 2 aliphatic rings. The Labute approximate surface area is 105 Å². The highest BCUT2D eigenvalue weighted by molar-refractivity contribution is 14.1. The summed E-state index contributed by atoms with van der Waals surface area (Å²) in [7, 11) is 0. The van der Waals surface area contributed by atoms with E-state index >= 15 is 0 Å². The predicted octanol–water partition coefficient (Wildman–Crippen LogP) is 1.07. The molecule has 0 aromatic carbocycles. The minimum absolute atomic E-state index is 0.0315. The van der Waals surface area contributed by atoms with Gasteiger partial charge in [0.1, 0.15) is 9.39 Å². The number of thioether (sulfide) groups is 1. The molecule has 2 saturated heterocycles. The molecular weight excluding hydrogens is 325 g/mol. The van der Waals surface area contributed by atoms with Gasteiger partial charge in [0, 0.05) is 23.6 Å². The number of hydrogen-bond donors (Lipinski definition) is 1. The number of anilines is 1. The van der Waals surface area contributed by atoms with Crippen molar-refractivity contribution in [3.63, 3.8) is 0 Å². The van der Waals surface area contributed by atoms with Crippen molar-refractivity contribution < 1.29 is 0 Å².